The summed E-state index contributed by atoms with van der Waals surface area (Å²) < 4.78 is 5.20. The highest BCUT2D eigenvalue weighted by atomic mass is 16.2. The van der Waals surface area contributed by atoms with Crippen molar-refractivity contribution in [3.05, 3.63) is 59.0 Å². The number of aryl methyl sites for hydroxylation is 2. The number of imidazole rings is 1. The summed E-state index contributed by atoms with van der Waals surface area (Å²) in [7, 11) is 3.58. The molecule has 2 aromatic heterocycles. The summed E-state index contributed by atoms with van der Waals surface area (Å²) in [5.74, 6) is 0.263. The summed E-state index contributed by atoms with van der Waals surface area (Å²) in [4.78, 5) is 25.2. The Hall–Kier alpha value is -3.65. The molecule has 0 aliphatic heterocycles. The van der Waals surface area contributed by atoms with Crippen molar-refractivity contribution in [1.29, 1.82) is 0 Å². The molecule has 0 radical (unpaired) electrons. The third-order valence-electron chi connectivity index (χ3n) is 6.06. The van der Waals surface area contributed by atoms with E-state index in [1.807, 2.05) is 53.1 Å². The van der Waals surface area contributed by atoms with E-state index in [2.05, 4.69) is 19.2 Å². The average Bonchev–Trinajstić information content (AvgIpc) is 3.27. The van der Waals surface area contributed by atoms with E-state index in [9.17, 15) is 9.59 Å². The topological polar surface area (TPSA) is 99.9 Å². The number of rotatable bonds is 7. The molecule has 2 aromatic carbocycles. The maximum atomic E-state index is 13.0. The van der Waals surface area contributed by atoms with Crippen molar-refractivity contribution in [2.24, 2.45) is 19.8 Å². The molecule has 4 aromatic rings. The van der Waals surface area contributed by atoms with Gasteiger partial charge in [0.25, 0.3) is 0 Å². The molecule has 0 aliphatic carbocycles. The second-order valence-electron chi connectivity index (χ2n) is 8.37. The number of carbonyl (C=O) groups is 1. The molecule has 1 atom stereocenters. The highest BCUT2D eigenvalue weighted by Crippen LogP contribution is 2.38. The highest BCUT2D eigenvalue weighted by molar-refractivity contribution is 6.00. The third kappa shape index (κ3) is 3.98. The van der Waals surface area contributed by atoms with Crippen molar-refractivity contribution in [2.45, 2.75) is 32.7 Å². The lowest BCUT2D eigenvalue weighted by molar-refractivity contribution is -0.114. The van der Waals surface area contributed by atoms with Gasteiger partial charge in [-0.15, -0.1) is 0 Å². The van der Waals surface area contributed by atoms with Crippen molar-refractivity contribution in [1.82, 2.24) is 18.9 Å². The molecular weight excluding hydrogens is 416 g/mol. The van der Waals surface area contributed by atoms with Crippen LogP contribution in [0.15, 0.2) is 53.3 Å². The van der Waals surface area contributed by atoms with E-state index in [0.717, 1.165) is 46.3 Å². The molecule has 0 saturated heterocycles. The van der Waals surface area contributed by atoms with Crippen molar-refractivity contribution < 1.29 is 4.79 Å². The Morgan fingerprint density at radius 3 is 2.48 bits per heavy atom. The lowest BCUT2D eigenvalue weighted by Gasteiger charge is -2.13. The Morgan fingerprint density at radius 1 is 1.09 bits per heavy atom. The Labute approximate surface area is 192 Å². The van der Waals surface area contributed by atoms with Crippen LogP contribution >= 0.6 is 0 Å². The Morgan fingerprint density at radius 2 is 1.82 bits per heavy atom. The van der Waals surface area contributed by atoms with E-state index in [4.69, 9.17) is 10.8 Å². The van der Waals surface area contributed by atoms with Gasteiger partial charge in [0.05, 0.1) is 23.1 Å². The molecule has 172 valence electrons. The Bertz CT molecular complexity index is 1360. The van der Waals surface area contributed by atoms with E-state index < -0.39 is 0 Å². The number of nitrogens with one attached hydrogen (secondary N) is 1. The van der Waals surface area contributed by atoms with Crippen LogP contribution in [0.25, 0.3) is 33.4 Å². The minimum absolute atomic E-state index is 0.0331. The van der Waals surface area contributed by atoms with E-state index in [1.54, 1.807) is 23.3 Å². The highest BCUT2D eigenvalue weighted by Gasteiger charge is 2.23. The average molecular weight is 447 g/mol. The van der Waals surface area contributed by atoms with Gasteiger partial charge in [-0.05, 0) is 31.0 Å². The van der Waals surface area contributed by atoms with Crippen LogP contribution in [0.1, 0.15) is 32.7 Å². The molecule has 8 heteroatoms. The molecule has 0 aliphatic rings. The summed E-state index contributed by atoms with van der Waals surface area (Å²) in [6.07, 6.45) is 1.93. The molecule has 2 heterocycles. The zero-order valence-electron chi connectivity index (χ0n) is 19.5. The number of nitrogens with zero attached hydrogens (tertiary/aromatic N) is 4. The molecule has 0 bridgehead atoms. The first kappa shape index (κ1) is 22.5. The minimum Gasteiger partial charge on any atom is -0.322 e. The largest absolute Gasteiger partial charge is 0.329 e. The lowest BCUT2D eigenvalue weighted by Crippen LogP contribution is -2.24. The number of aromatic nitrogens is 4. The smallest absolute Gasteiger partial charge is 0.322 e. The van der Waals surface area contributed by atoms with Gasteiger partial charge in [-0.3, -0.25) is 18.6 Å². The second-order valence-corrected chi connectivity index (χ2v) is 8.37. The van der Waals surface area contributed by atoms with Gasteiger partial charge in [-0.2, -0.15) is 5.10 Å². The molecule has 3 N–H and O–H groups in total. The van der Waals surface area contributed by atoms with E-state index in [1.165, 1.54) is 0 Å². The fraction of sp³-hybridized carbons (Fsp3) is 0.320. The van der Waals surface area contributed by atoms with Gasteiger partial charge in [0.1, 0.15) is 11.5 Å². The maximum absolute atomic E-state index is 13.0. The summed E-state index contributed by atoms with van der Waals surface area (Å²) in [5, 5.41) is 7.60. The van der Waals surface area contributed by atoms with Crippen molar-refractivity contribution in [3.63, 3.8) is 0 Å². The molecule has 33 heavy (non-hydrogen) atoms. The fourth-order valence-corrected chi connectivity index (χ4v) is 4.41. The van der Waals surface area contributed by atoms with Gasteiger partial charge < -0.3 is 11.1 Å². The SMILES string of the molecule is CCCC(C)n1c(=O)n(C)c2cc(-c3c(-c4ccccc4)nn(C)c3NC(=O)CN)ccc21. The normalized spacial score (nSPS) is 12.3. The number of benzene rings is 2. The van der Waals surface area contributed by atoms with Crippen LogP contribution in [0.2, 0.25) is 0 Å². The second kappa shape index (κ2) is 9.07. The molecule has 1 unspecified atom stereocenters. The van der Waals surface area contributed by atoms with Crippen molar-refractivity contribution in [2.75, 3.05) is 11.9 Å². The number of hydrogen-bond donors (Lipinski definition) is 2. The lowest BCUT2D eigenvalue weighted by atomic mass is 10.00. The Balaban J connectivity index is 1.96. The van der Waals surface area contributed by atoms with Crippen LogP contribution in [-0.4, -0.2) is 31.4 Å². The summed E-state index contributed by atoms with van der Waals surface area (Å²) >= 11 is 0. The Kier molecular flexibility index (Phi) is 6.20. The van der Waals surface area contributed by atoms with Crippen LogP contribution in [0.4, 0.5) is 5.82 Å². The standard InChI is InChI=1S/C25H30N6O2/c1-5-9-16(2)31-19-13-12-18(14-20(19)29(3)25(31)33)22-23(17-10-7-6-8-11-17)28-30(4)24(22)27-21(32)15-26/h6-8,10-14,16H,5,9,15,26H2,1-4H3,(H,27,32). The monoisotopic (exact) mass is 446 g/mol. The van der Waals surface area contributed by atoms with Gasteiger partial charge in [-0.1, -0.05) is 49.7 Å². The van der Waals surface area contributed by atoms with Crippen LogP contribution in [0.3, 0.4) is 0 Å². The fourth-order valence-electron chi connectivity index (χ4n) is 4.41. The molecule has 0 saturated carbocycles. The molecule has 0 spiro atoms. The summed E-state index contributed by atoms with van der Waals surface area (Å²) in [6.45, 7) is 4.07. The number of anilines is 1. The van der Waals surface area contributed by atoms with Crippen LogP contribution in [0, 0.1) is 0 Å². The van der Waals surface area contributed by atoms with Gasteiger partial charge >= 0.3 is 5.69 Å². The van der Waals surface area contributed by atoms with Gasteiger partial charge in [-0.25, -0.2) is 4.79 Å². The minimum atomic E-state index is -0.299. The van der Waals surface area contributed by atoms with Crippen molar-refractivity contribution >= 4 is 22.8 Å². The zero-order chi connectivity index (χ0) is 23.7. The number of hydrogen-bond acceptors (Lipinski definition) is 4. The molecule has 4 rings (SSSR count). The van der Waals surface area contributed by atoms with Gasteiger partial charge in [0, 0.05) is 25.7 Å². The quantitative estimate of drug-likeness (QED) is 0.452. The third-order valence-corrected chi connectivity index (χ3v) is 6.06. The van der Waals surface area contributed by atoms with E-state index in [-0.39, 0.29) is 24.2 Å². The molecule has 1 amide bonds. The number of nitrogens with two attached hydrogens (primary N) is 1. The number of amides is 1. The zero-order valence-corrected chi connectivity index (χ0v) is 19.5. The van der Waals surface area contributed by atoms with Crippen LogP contribution in [0.5, 0.6) is 0 Å². The first-order chi connectivity index (χ1) is 15.9. The van der Waals surface area contributed by atoms with E-state index in [0.29, 0.717) is 5.82 Å². The van der Waals surface area contributed by atoms with E-state index >= 15 is 0 Å². The molecule has 8 nitrogen and oxygen atoms in total. The van der Waals surface area contributed by atoms with Gasteiger partial charge in [0.15, 0.2) is 0 Å². The first-order valence-electron chi connectivity index (χ1n) is 11.2. The predicted molar refractivity (Wildman–Crippen MR) is 132 cm³/mol. The molecule has 0 fully saturated rings. The van der Waals surface area contributed by atoms with Gasteiger partial charge in [0.2, 0.25) is 5.91 Å². The number of carbonyl (C=O) groups excluding carboxylic acids is 1. The predicted octanol–water partition coefficient (Wildman–Crippen LogP) is 3.67. The van der Waals surface area contributed by atoms with Crippen molar-refractivity contribution in [3.8, 4) is 22.4 Å². The van der Waals surface area contributed by atoms with Crippen LogP contribution < -0.4 is 16.7 Å². The first-order valence-corrected chi connectivity index (χ1v) is 11.2. The molecular formula is C25H30N6O2. The summed E-state index contributed by atoms with van der Waals surface area (Å²) in [5.41, 5.74) is 10.6. The summed E-state index contributed by atoms with van der Waals surface area (Å²) in [6, 6.07) is 15.9. The van der Waals surface area contributed by atoms with Crippen LogP contribution in [-0.2, 0) is 18.9 Å². The maximum Gasteiger partial charge on any atom is 0.329 e. The number of fused-ring (bicyclic) bond motifs is 1.